The van der Waals surface area contributed by atoms with Crippen molar-refractivity contribution < 1.29 is 4.43 Å². The molecule has 0 aliphatic heterocycles. The predicted octanol–water partition coefficient (Wildman–Crippen LogP) is 1.33. The van der Waals surface area contributed by atoms with Crippen molar-refractivity contribution in [1.29, 1.82) is 0 Å². The molecule has 0 radical (unpaired) electrons. The minimum absolute atomic E-state index is 0.229. The average Bonchev–Trinajstić information content (AvgIpc) is 1.85. The van der Waals surface area contributed by atoms with Gasteiger partial charge in [0.15, 0.2) is 0 Å². The van der Waals surface area contributed by atoms with Gasteiger partial charge in [-0.05, 0) is 26.4 Å². The van der Waals surface area contributed by atoms with Crippen molar-refractivity contribution in [3.8, 4) is 0 Å². The topological polar surface area (TPSA) is 47.3 Å². The Morgan fingerprint density at radius 2 is 2.00 bits per heavy atom. The maximum atomic E-state index is 6.13. The van der Waals surface area contributed by atoms with E-state index in [1.165, 1.54) is 0 Å². The van der Waals surface area contributed by atoms with Crippen LogP contribution in [0, 0.1) is 0 Å². The third-order valence-corrected chi connectivity index (χ3v) is 4.63. The van der Waals surface area contributed by atoms with Gasteiger partial charge in [-0.15, -0.1) is 0 Å². The summed E-state index contributed by atoms with van der Waals surface area (Å²) in [6.07, 6.45) is 1.31. The van der Waals surface area contributed by atoms with Crippen molar-refractivity contribution in [2.45, 2.75) is 46.3 Å². The van der Waals surface area contributed by atoms with Gasteiger partial charge in [-0.3, -0.25) is 0 Å². The van der Waals surface area contributed by atoms with Crippen molar-refractivity contribution in [2.24, 2.45) is 5.40 Å². The van der Waals surface area contributed by atoms with E-state index in [4.69, 9.17) is 9.83 Å². The monoisotopic (exact) mass is 190 g/mol. The predicted molar refractivity (Wildman–Crippen MR) is 54.9 cm³/mol. The van der Waals surface area contributed by atoms with Crippen LogP contribution < -0.4 is 10.4 Å². The molecule has 0 amide bonds. The van der Waals surface area contributed by atoms with Crippen LogP contribution >= 0.6 is 0 Å². The molecule has 0 heterocycles. The Bertz CT molecular complexity index is 114. The van der Waals surface area contributed by atoms with Gasteiger partial charge in [0.2, 0.25) is 0 Å². The number of nitrogens with two attached hydrogens (primary N) is 1. The first-order valence-corrected chi connectivity index (χ1v) is 6.95. The van der Waals surface area contributed by atoms with Gasteiger partial charge in [-0.25, -0.2) is 0 Å². The zero-order valence-corrected chi connectivity index (χ0v) is 9.68. The molecular weight excluding hydrogens is 168 g/mol. The summed E-state index contributed by atoms with van der Waals surface area (Å²) in [6, 6.07) is 0.985. The molecule has 0 saturated carbocycles. The summed E-state index contributed by atoms with van der Waals surface area (Å²) >= 11 is 0. The third-order valence-electron chi connectivity index (χ3n) is 1.54. The van der Waals surface area contributed by atoms with Gasteiger partial charge in [0.05, 0.1) is 0 Å². The van der Waals surface area contributed by atoms with E-state index >= 15 is 0 Å². The molecule has 74 valence electrons. The van der Waals surface area contributed by atoms with Crippen LogP contribution in [0.3, 0.4) is 0 Å². The van der Waals surface area contributed by atoms with Gasteiger partial charge in [0.1, 0.15) is 0 Å². The Hall–Kier alpha value is 0.0969. The second-order valence-corrected chi connectivity index (χ2v) is 6.20. The third kappa shape index (κ3) is 4.87. The summed E-state index contributed by atoms with van der Waals surface area (Å²) in [7, 11) is -2.06. The fourth-order valence-electron chi connectivity index (χ4n) is 1.28. The molecule has 0 aromatic carbocycles. The quantitative estimate of drug-likeness (QED) is 0.621. The summed E-state index contributed by atoms with van der Waals surface area (Å²) in [5.74, 6) is 0. The van der Waals surface area contributed by atoms with Crippen molar-refractivity contribution >= 4 is 8.64 Å². The summed E-state index contributed by atoms with van der Waals surface area (Å²) in [5, 5.41) is 6.13. The highest BCUT2D eigenvalue weighted by Gasteiger charge is 2.30. The molecule has 1 atom stereocenters. The lowest BCUT2D eigenvalue weighted by Crippen LogP contribution is -2.62. The molecule has 3 N–H and O–H groups in total. The Kier molecular flexibility index (Phi) is 5.74. The molecule has 0 rings (SSSR count). The molecule has 0 spiro atoms. The van der Waals surface area contributed by atoms with Crippen LogP contribution in [0.1, 0.15) is 34.1 Å². The fraction of sp³-hybridized carbons (Fsp3) is 1.00. The van der Waals surface area contributed by atoms with Crippen LogP contribution in [0.4, 0.5) is 0 Å². The number of rotatable bonds is 6. The Labute approximate surface area is 77.0 Å². The SMILES string of the molecule is CCC[Si](N)(NCC)OC(C)C. The Morgan fingerprint density at radius 3 is 2.33 bits per heavy atom. The van der Waals surface area contributed by atoms with Crippen LogP contribution in [0.25, 0.3) is 0 Å². The molecule has 1 unspecified atom stereocenters. The molecular formula is C8H22N2OSi. The van der Waals surface area contributed by atoms with Crippen molar-refractivity contribution in [2.75, 3.05) is 6.54 Å². The largest absolute Gasteiger partial charge is 0.389 e. The van der Waals surface area contributed by atoms with Crippen LogP contribution in [0.5, 0.6) is 0 Å². The van der Waals surface area contributed by atoms with Crippen LogP contribution in [0.15, 0.2) is 0 Å². The molecule has 0 fully saturated rings. The van der Waals surface area contributed by atoms with Gasteiger partial charge in [0, 0.05) is 6.10 Å². The molecule has 4 heteroatoms. The van der Waals surface area contributed by atoms with E-state index < -0.39 is 8.64 Å². The van der Waals surface area contributed by atoms with Crippen molar-refractivity contribution in [3.63, 3.8) is 0 Å². The van der Waals surface area contributed by atoms with Gasteiger partial charge in [-0.1, -0.05) is 20.3 Å². The lowest BCUT2D eigenvalue weighted by molar-refractivity contribution is 0.217. The van der Waals surface area contributed by atoms with Crippen LogP contribution in [0.2, 0.25) is 6.04 Å². The average molecular weight is 190 g/mol. The van der Waals surface area contributed by atoms with E-state index in [0.29, 0.717) is 0 Å². The lowest BCUT2D eigenvalue weighted by atomic mass is 10.5. The van der Waals surface area contributed by atoms with Crippen molar-refractivity contribution in [1.82, 2.24) is 4.98 Å². The zero-order chi connectivity index (χ0) is 9.61. The van der Waals surface area contributed by atoms with Gasteiger partial charge in [-0.2, -0.15) is 0 Å². The summed E-state index contributed by atoms with van der Waals surface area (Å²) in [5.41, 5.74) is 0. The van der Waals surface area contributed by atoms with E-state index in [1.807, 2.05) is 13.8 Å². The standard InChI is InChI=1S/C8H22N2OSi/c1-5-7-12(9,10-6-2)11-8(3)4/h8,10H,5-7,9H2,1-4H3. The van der Waals surface area contributed by atoms with Crippen LogP contribution in [-0.2, 0) is 4.43 Å². The molecule has 0 aromatic heterocycles. The van der Waals surface area contributed by atoms with E-state index in [0.717, 1.165) is 19.0 Å². The number of nitrogens with one attached hydrogen (secondary N) is 1. The Balaban J connectivity index is 3.98. The summed E-state index contributed by atoms with van der Waals surface area (Å²) < 4.78 is 5.72. The smallest absolute Gasteiger partial charge is 0.349 e. The van der Waals surface area contributed by atoms with E-state index in [9.17, 15) is 0 Å². The van der Waals surface area contributed by atoms with E-state index in [-0.39, 0.29) is 6.10 Å². The molecule has 0 aliphatic rings. The second kappa shape index (κ2) is 5.69. The second-order valence-electron chi connectivity index (χ2n) is 3.34. The summed E-state index contributed by atoms with van der Waals surface area (Å²) in [6.45, 7) is 9.16. The molecule has 3 nitrogen and oxygen atoms in total. The molecule has 0 aliphatic carbocycles. The zero-order valence-electron chi connectivity index (χ0n) is 8.68. The normalized spacial score (nSPS) is 16.5. The molecule has 0 bridgehead atoms. The number of hydrogen-bond acceptors (Lipinski definition) is 3. The van der Waals surface area contributed by atoms with Gasteiger partial charge < -0.3 is 14.8 Å². The van der Waals surface area contributed by atoms with Gasteiger partial charge >= 0.3 is 8.64 Å². The number of hydrogen-bond donors (Lipinski definition) is 2. The van der Waals surface area contributed by atoms with E-state index in [2.05, 4.69) is 18.8 Å². The fourth-order valence-corrected chi connectivity index (χ4v) is 3.84. The lowest BCUT2D eigenvalue weighted by Gasteiger charge is -2.28. The minimum atomic E-state index is -2.06. The minimum Gasteiger partial charge on any atom is -0.389 e. The molecule has 0 aromatic rings. The highest BCUT2D eigenvalue weighted by molar-refractivity contribution is 6.68. The van der Waals surface area contributed by atoms with E-state index in [1.54, 1.807) is 0 Å². The van der Waals surface area contributed by atoms with Crippen LogP contribution in [-0.4, -0.2) is 21.3 Å². The first-order chi connectivity index (χ1) is 5.54. The first-order valence-electron chi connectivity index (χ1n) is 4.75. The summed E-state index contributed by atoms with van der Waals surface area (Å²) in [4.78, 5) is 3.29. The highest BCUT2D eigenvalue weighted by Crippen LogP contribution is 2.06. The molecule has 0 saturated heterocycles. The highest BCUT2D eigenvalue weighted by atomic mass is 28.4. The van der Waals surface area contributed by atoms with Gasteiger partial charge in [0.25, 0.3) is 0 Å². The first kappa shape index (κ1) is 12.1. The van der Waals surface area contributed by atoms with Crippen molar-refractivity contribution in [3.05, 3.63) is 0 Å². The maximum Gasteiger partial charge on any atom is 0.349 e. The Morgan fingerprint density at radius 1 is 1.42 bits per heavy atom. The maximum absolute atomic E-state index is 6.13. The molecule has 12 heavy (non-hydrogen) atoms.